The topological polar surface area (TPSA) is 86.2 Å². The first-order chi connectivity index (χ1) is 5.11. The van der Waals surface area contributed by atoms with Gasteiger partial charge in [-0.2, -0.15) is 8.42 Å². The fourth-order valence-corrected chi connectivity index (χ4v) is 1.34. The van der Waals surface area contributed by atoms with Gasteiger partial charge in [-0.1, -0.05) is 0 Å². The molecule has 0 aromatic carbocycles. The standard InChI is InChI=1S/C6H8N2O2S/c7-4-1-2-5(8)6(3-4)11(9)10/h1-2H,3,7-8H2. The average molecular weight is 172 g/mol. The van der Waals surface area contributed by atoms with Gasteiger partial charge in [-0.05, 0) is 12.2 Å². The molecular formula is C6H8N2O2S. The highest BCUT2D eigenvalue weighted by Crippen LogP contribution is 2.07. The molecule has 11 heavy (non-hydrogen) atoms. The first-order valence-corrected chi connectivity index (χ1v) is 4.06. The van der Waals surface area contributed by atoms with Crippen molar-refractivity contribution in [3.05, 3.63) is 23.5 Å². The van der Waals surface area contributed by atoms with E-state index in [1.54, 1.807) is 6.08 Å². The highest BCUT2D eigenvalue weighted by molar-refractivity contribution is 7.73. The molecule has 0 aromatic heterocycles. The van der Waals surface area contributed by atoms with Crippen LogP contribution in [0.3, 0.4) is 0 Å². The van der Waals surface area contributed by atoms with Gasteiger partial charge < -0.3 is 11.5 Å². The molecule has 0 fully saturated rings. The van der Waals surface area contributed by atoms with Gasteiger partial charge in [-0.15, -0.1) is 0 Å². The van der Waals surface area contributed by atoms with Crippen molar-refractivity contribution in [2.45, 2.75) is 6.42 Å². The summed E-state index contributed by atoms with van der Waals surface area (Å²) >= 11 is 0. The Hall–Kier alpha value is -1.23. The van der Waals surface area contributed by atoms with Crippen molar-refractivity contribution in [2.75, 3.05) is 0 Å². The van der Waals surface area contributed by atoms with E-state index >= 15 is 0 Å². The van der Waals surface area contributed by atoms with Crippen LogP contribution in [0.15, 0.2) is 23.5 Å². The maximum absolute atomic E-state index is 10.5. The van der Waals surface area contributed by atoms with Crippen LogP contribution < -0.4 is 11.5 Å². The van der Waals surface area contributed by atoms with E-state index in [-0.39, 0.29) is 17.0 Å². The van der Waals surface area contributed by atoms with Crippen molar-refractivity contribution in [1.82, 2.24) is 0 Å². The van der Waals surface area contributed by atoms with Crippen LogP contribution in [0.5, 0.6) is 0 Å². The number of nitrogens with two attached hydrogens (primary N) is 2. The van der Waals surface area contributed by atoms with E-state index in [2.05, 4.69) is 0 Å². The molecule has 0 unspecified atom stereocenters. The summed E-state index contributed by atoms with van der Waals surface area (Å²) in [6, 6.07) is 0. The fraction of sp³-hybridized carbons (Fsp3) is 0.167. The van der Waals surface area contributed by atoms with Gasteiger partial charge >= 0.3 is 0 Å². The summed E-state index contributed by atoms with van der Waals surface area (Å²) in [6.45, 7) is 0. The second-order valence-corrected chi connectivity index (χ2v) is 3.16. The monoisotopic (exact) mass is 172 g/mol. The lowest BCUT2D eigenvalue weighted by atomic mass is 10.1. The molecule has 4 N–H and O–H groups in total. The van der Waals surface area contributed by atoms with Gasteiger partial charge in [0, 0.05) is 12.1 Å². The second kappa shape index (κ2) is 2.79. The van der Waals surface area contributed by atoms with Gasteiger partial charge in [0.2, 0.25) is 10.3 Å². The summed E-state index contributed by atoms with van der Waals surface area (Å²) in [5.41, 5.74) is 11.5. The number of rotatable bonds is 0. The maximum atomic E-state index is 10.5. The Bertz CT molecular complexity index is 354. The molecule has 0 saturated heterocycles. The zero-order valence-electron chi connectivity index (χ0n) is 5.74. The van der Waals surface area contributed by atoms with Crippen molar-refractivity contribution in [1.29, 1.82) is 0 Å². The van der Waals surface area contributed by atoms with Gasteiger partial charge in [0.1, 0.15) is 4.86 Å². The average Bonchev–Trinajstić information content (AvgIpc) is 1.94. The third-order valence-electron chi connectivity index (χ3n) is 1.36. The molecule has 1 aliphatic carbocycles. The van der Waals surface area contributed by atoms with Crippen LogP contribution in [0.1, 0.15) is 6.42 Å². The van der Waals surface area contributed by atoms with Crippen LogP contribution >= 0.6 is 0 Å². The molecule has 0 saturated carbocycles. The summed E-state index contributed by atoms with van der Waals surface area (Å²) in [5, 5.41) is 0. The molecule has 0 atom stereocenters. The molecule has 0 aliphatic heterocycles. The number of hydrogen-bond donors (Lipinski definition) is 2. The van der Waals surface area contributed by atoms with E-state index < -0.39 is 10.3 Å². The lowest BCUT2D eigenvalue weighted by Gasteiger charge is -2.07. The van der Waals surface area contributed by atoms with E-state index in [0.29, 0.717) is 5.70 Å². The summed E-state index contributed by atoms with van der Waals surface area (Å²) in [7, 11) is -2.25. The number of allylic oxidation sites excluding steroid dienone is 4. The SMILES string of the molecule is NC1=CC=C(N)C(=S(=O)=O)C1. The molecule has 60 valence electrons. The zero-order chi connectivity index (χ0) is 8.43. The largest absolute Gasteiger partial charge is 0.402 e. The minimum atomic E-state index is -2.25. The first-order valence-electron chi connectivity index (χ1n) is 2.98. The van der Waals surface area contributed by atoms with Crippen molar-refractivity contribution in [3.8, 4) is 0 Å². The highest BCUT2D eigenvalue weighted by Gasteiger charge is 2.09. The Morgan fingerprint density at radius 1 is 1.27 bits per heavy atom. The van der Waals surface area contributed by atoms with E-state index in [0.717, 1.165) is 0 Å². The van der Waals surface area contributed by atoms with E-state index in [1.165, 1.54) is 6.08 Å². The van der Waals surface area contributed by atoms with Crippen LogP contribution in [0.4, 0.5) is 0 Å². The van der Waals surface area contributed by atoms with Gasteiger partial charge in [0.05, 0.1) is 5.70 Å². The molecule has 5 heteroatoms. The molecule has 0 heterocycles. The van der Waals surface area contributed by atoms with Crippen LogP contribution in [-0.4, -0.2) is 13.3 Å². The Morgan fingerprint density at radius 2 is 1.91 bits per heavy atom. The van der Waals surface area contributed by atoms with Crippen molar-refractivity contribution >= 4 is 15.2 Å². The summed E-state index contributed by atoms with van der Waals surface area (Å²) in [6.07, 6.45) is 3.31. The van der Waals surface area contributed by atoms with Crippen LogP contribution in [0.25, 0.3) is 0 Å². The molecule has 1 aliphatic rings. The quantitative estimate of drug-likeness (QED) is 0.465. The van der Waals surface area contributed by atoms with Gasteiger partial charge in [0.15, 0.2) is 0 Å². The minimum absolute atomic E-state index is 0.171. The first kappa shape index (κ1) is 7.87. The molecule has 0 amide bonds. The summed E-state index contributed by atoms with van der Waals surface area (Å²) in [5.74, 6) is 0. The molecular weight excluding hydrogens is 164 g/mol. The summed E-state index contributed by atoms with van der Waals surface area (Å²) in [4.78, 5) is 0.171. The lowest BCUT2D eigenvalue weighted by Crippen LogP contribution is -2.18. The second-order valence-electron chi connectivity index (χ2n) is 2.20. The molecule has 1 rings (SSSR count). The zero-order valence-corrected chi connectivity index (χ0v) is 6.56. The van der Waals surface area contributed by atoms with Crippen molar-refractivity contribution in [2.24, 2.45) is 11.5 Å². The fourth-order valence-electron chi connectivity index (χ4n) is 0.791. The number of hydrogen-bond acceptors (Lipinski definition) is 4. The molecule has 0 bridgehead atoms. The van der Waals surface area contributed by atoms with Gasteiger partial charge in [-0.25, -0.2) is 0 Å². The summed E-state index contributed by atoms with van der Waals surface area (Å²) < 4.78 is 20.9. The predicted octanol–water partition coefficient (Wildman–Crippen LogP) is -0.873. The predicted molar refractivity (Wildman–Crippen MR) is 43.1 cm³/mol. The highest BCUT2D eigenvalue weighted by atomic mass is 32.2. The third-order valence-corrected chi connectivity index (χ3v) is 2.15. The smallest absolute Gasteiger partial charge is 0.219 e. The Labute approximate surface area is 65.7 Å². The molecule has 0 aromatic rings. The van der Waals surface area contributed by atoms with Crippen LogP contribution in [-0.2, 0) is 10.3 Å². The molecule has 0 spiro atoms. The Balaban J connectivity index is 3.21. The maximum Gasteiger partial charge on any atom is 0.219 e. The van der Waals surface area contributed by atoms with E-state index in [4.69, 9.17) is 11.5 Å². The van der Waals surface area contributed by atoms with Crippen molar-refractivity contribution in [3.63, 3.8) is 0 Å². The normalized spacial score (nSPS) is 17.3. The van der Waals surface area contributed by atoms with Crippen LogP contribution in [0, 0.1) is 0 Å². The van der Waals surface area contributed by atoms with Gasteiger partial charge in [-0.3, -0.25) is 0 Å². The van der Waals surface area contributed by atoms with Gasteiger partial charge in [0.25, 0.3) is 0 Å². The molecule has 4 nitrogen and oxygen atoms in total. The van der Waals surface area contributed by atoms with Crippen LogP contribution in [0.2, 0.25) is 0 Å². The van der Waals surface area contributed by atoms with E-state index in [9.17, 15) is 8.42 Å². The Morgan fingerprint density at radius 3 is 2.36 bits per heavy atom. The third kappa shape index (κ3) is 1.62. The lowest BCUT2D eigenvalue weighted by molar-refractivity contribution is 0.626. The van der Waals surface area contributed by atoms with Crippen molar-refractivity contribution < 1.29 is 8.42 Å². The molecule has 0 radical (unpaired) electrons. The van der Waals surface area contributed by atoms with E-state index in [1.807, 2.05) is 0 Å². The Kier molecular flexibility index (Phi) is 2.00. The minimum Gasteiger partial charge on any atom is -0.402 e.